The molecule has 1 aromatic rings. The van der Waals surface area contributed by atoms with Crippen LogP contribution in [0.15, 0.2) is 48.1 Å². The van der Waals surface area contributed by atoms with Crippen LogP contribution in [0.25, 0.3) is 6.08 Å². The number of carbonyl (C=O) groups excluding carboxylic acids is 2. The molecule has 3 heteroatoms. The summed E-state index contributed by atoms with van der Waals surface area (Å²) < 4.78 is 5.54. The van der Waals surface area contributed by atoms with Crippen molar-refractivity contribution in [1.29, 1.82) is 0 Å². The molecule has 6 rings (SSSR count). The Morgan fingerprint density at radius 3 is 2.27 bits per heavy atom. The number of fused-ring (bicyclic) bond motifs is 7. The van der Waals surface area contributed by atoms with Crippen molar-refractivity contribution < 1.29 is 14.3 Å². The summed E-state index contributed by atoms with van der Waals surface area (Å²) in [6, 6.07) is 10.4. The average molecular weight is 557 g/mol. The predicted molar refractivity (Wildman–Crippen MR) is 166 cm³/mol. The third-order valence-corrected chi connectivity index (χ3v) is 14.4. The Labute approximate surface area is 248 Å². The van der Waals surface area contributed by atoms with Crippen molar-refractivity contribution in [3.8, 4) is 0 Å². The number of benzene rings is 1. The molecule has 0 amide bonds. The van der Waals surface area contributed by atoms with Gasteiger partial charge in [0.05, 0.1) is 12.5 Å². The summed E-state index contributed by atoms with van der Waals surface area (Å²) in [6.45, 7) is 18.9. The van der Waals surface area contributed by atoms with Crippen LogP contribution in [0.2, 0.25) is 0 Å². The van der Waals surface area contributed by atoms with Gasteiger partial charge in [-0.1, -0.05) is 77.1 Å². The van der Waals surface area contributed by atoms with E-state index in [4.69, 9.17) is 4.74 Å². The van der Waals surface area contributed by atoms with E-state index in [1.54, 1.807) is 7.11 Å². The van der Waals surface area contributed by atoms with Gasteiger partial charge in [0.2, 0.25) is 0 Å². The van der Waals surface area contributed by atoms with E-state index in [2.05, 4.69) is 78.5 Å². The summed E-state index contributed by atoms with van der Waals surface area (Å²) in [6.07, 6.45) is 11.7. The SMILES string of the molecule is C=C(C)[C@@H]1CCC2(C(=O)OC)CC[C@]3(C)C(CCC4[C@@]5(C)CC(=Cc6ccccc6)C(=O)C(C)(C)C5CC[C@]43C)C12. The number of esters is 1. The van der Waals surface area contributed by atoms with Gasteiger partial charge < -0.3 is 4.74 Å². The van der Waals surface area contributed by atoms with Crippen LogP contribution in [0.3, 0.4) is 0 Å². The second-order valence-electron chi connectivity index (χ2n) is 16.1. The van der Waals surface area contributed by atoms with Crippen LogP contribution in [0.4, 0.5) is 0 Å². The van der Waals surface area contributed by atoms with E-state index in [0.717, 1.165) is 49.7 Å². The summed E-state index contributed by atoms with van der Waals surface area (Å²) in [5.41, 5.74) is 3.06. The second-order valence-corrected chi connectivity index (χ2v) is 16.1. The number of rotatable bonds is 3. The van der Waals surface area contributed by atoms with Crippen LogP contribution >= 0.6 is 0 Å². The van der Waals surface area contributed by atoms with Crippen molar-refractivity contribution >= 4 is 17.8 Å². The van der Waals surface area contributed by atoms with Gasteiger partial charge in [0.25, 0.3) is 0 Å². The molecule has 0 spiro atoms. The van der Waals surface area contributed by atoms with Crippen molar-refractivity contribution in [1.82, 2.24) is 0 Å². The van der Waals surface area contributed by atoms with Crippen LogP contribution in [-0.4, -0.2) is 18.9 Å². The Hall–Kier alpha value is -2.16. The molecule has 9 atom stereocenters. The molecule has 3 nitrogen and oxygen atoms in total. The Kier molecular flexibility index (Phi) is 6.65. The molecule has 5 unspecified atom stereocenters. The first-order valence-corrected chi connectivity index (χ1v) is 16.3. The lowest BCUT2D eigenvalue weighted by Gasteiger charge is -2.72. The zero-order valence-corrected chi connectivity index (χ0v) is 26.6. The highest BCUT2D eigenvalue weighted by molar-refractivity contribution is 6.04. The van der Waals surface area contributed by atoms with Gasteiger partial charge in [-0.25, -0.2) is 0 Å². The van der Waals surface area contributed by atoms with E-state index < -0.39 is 0 Å². The maximum absolute atomic E-state index is 14.0. The topological polar surface area (TPSA) is 43.4 Å². The fraction of sp³-hybridized carbons (Fsp3) is 0.684. The molecule has 0 heterocycles. The number of allylic oxidation sites excluding steroid dienone is 2. The van der Waals surface area contributed by atoms with E-state index in [9.17, 15) is 9.59 Å². The summed E-state index contributed by atoms with van der Waals surface area (Å²) in [7, 11) is 1.59. The second kappa shape index (κ2) is 9.42. The number of carbonyl (C=O) groups is 2. The van der Waals surface area contributed by atoms with Gasteiger partial charge in [-0.15, -0.1) is 0 Å². The van der Waals surface area contributed by atoms with Crippen molar-refractivity contribution in [2.75, 3.05) is 7.11 Å². The molecule has 1 aromatic carbocycles. The standard InChI is InChI=1S/C38H52O3/c1-24(2)27-16-19-38(33(40)41-8)21-20-36(6)28(31(27)38)14-15-30-35(5)23-26(22-25-12-10-9-11-13-25)32(39)34(3,4)29(35)17-18-37(30,36)7/h9-13,22,27-31H,1,14-21,23H2,2-8H3/t27-,28?,29?,30?,31?,35-,36+,37+,38?/m0/s1. The fourth-order valence-electron chi connectivity index (χ4n) is 12.4. The molecule has 0 aromatic heterocycles. The molecule has 0 radical (unpaired) electrons. The van der Waals surface area contributed by atoms with E-state index >= 15 is 0 Å². The first-order valence-electron chi connectivity index (χ1n) is 16.3. The minimum Gasteiger partial charge on any atom is -0.469 e. The van der Waals surface area contributed by atoms with Gasteiger partial charge in [0, 0.05) is 5.41 Å². The third-order valence-electron chi connectivity index (χ3n) is 14.4. The first kappa shape index (κ1) is 28.9. The van der Waals surface area contributed by atoms with Crippen LogP contribution < -0.4 is 0 Å². The maximum Gasteiger partial charge on any atom is 0.312 e. The summed E-state index contributed by atoms with van der Waals surface area (Å²) in [5.74, 6) is 2.55. The lowest BCUT2D eigenvalue weighted by Crippen LogP contribution is -2.67. The minimum absolute atomic E-state index is 0.0273. The molecule has 5 fully saturated rings. The van der Waals surface area contributed by atoms with Crippen LogP contribution in [-0.2, 0) is 14.3 Å². The van der Waals surface area contributed by atoms with E-state index in [1.165, 1.54) is 24.8 Å². The van der Waals surface area contributed by atoms with Gasteiger partial charge in [0.1, 0.15) is 0 Å². The largest absolute Gasteiger partial charge is 0.469 e. The van der Waals surface area contributed by atoms with Gasteiger partial charge in [-0.2, -0.15) is 0 Å². The molecule has 5 aliphatic rings. The molecule has 0 bridgehead atoms. The normalized spacial score (nSPS) is 45.7. The number of ketones is 1. The number of hydrogen-bond donors (Lipinski definition) is 0. The zero-order valence-electron chi connectivity index (χ0n) is 26.6. The number of ether oxygens (including phenoxy) is 1. The van der Waals surface area contributed by atoms with Gasteiger partial charge in [0.15, 0.2) is 5.78 Å². The molecular formula is C38H52O3. The van der Waals surface area contributed by atoms with Crippen molar-refractivity contribution in [3.63, 3.8) is 0 Å². The highest BCUT2D eigenvalue weighted by Crippen LogP contribution is 2.77. The van der Waals surface area contributed by atoms with E-state index in [-0.39, 0.29) is 33.0 Å². The van der Waals surface area contributed by atoms with Gasteiger partial charge in [-0.3, -0.25) is 9.59 Å². The van der Waals surface area contributed by atoms with Crippen LogP contribution in [0.1, 0.15) is 105 Å². The summed E-state index contributed by atoms with van der Waals surface area (Å²) in [4.78, 5) is 27.5. The Morgan fingerprint density at radius 2 is 1.61 bits per heavy atom. The lowest BCUT2D eigenvalue weighted by molar-refractivity contribution is -0.232. The first-order chi connectivity index (χ1) is 19.3. The number of Topliss-reactive ketones (excluding diaryl/α,β-unsaturated/α-hetero) is 1. The van der Waals surface area contributed by atoms with E-state index in [0.29, 0.717) is 35.4 Å². The van der Waals surface area contributed by atoms with Crippen LogP contribution in [0.5, 0.6) is 0 Å². The highest BCUT2D eigenvalue weighted by atomic mass is 16.5. The smallest absolute Gasteiger partial charge is 0.312 e. The van der Waals surface area contributed by atoms with Gasteiger partial charge >= 0.3 is 5.97 Å². The van der Waals surface area contributed by atoms with Crippen molar-refractivity contribution in [2.45, 2.75) is 99.3 Å². The predicted octanol–water partition coefficient (Wildman–Crippen LogP) is 9.08. The van der Waals surface area contributed by atoms with Gasteiger partial charge in [-0.05, 0) is 128 Å². The summed E-state index contributed by atoms with van der Waals surface area (Å²) in [5, 5.41) is 0. The molecule has 5 saturated carbocycles. The lowest BCUT2D eigenvalue weighted by atomic mass is 9.32. The molecule has 0 N–H and O–H groups in total. The maximum atomic E-state index is 14.0. The number of methoxy groups -OCH3 is 1. The highest BCUT2D eigenvalue weighted by Gasteiger charge is 2.72. The molecule has 0 aliphatic heterocycles. The number of hydrogen-bond acceptors (Lipinski definition) is 3. The molecule has 0 saturated heterocycles. The van der Waals surface area contributed by atoms with Crippen molar-refractivity contribution in [3.05, 3.63) is 53.6 Å². The zero-order chi connectivity index (χ0) is 29.6. The minimum atomic E-state index is -0.365. The average Bonchev–Trinajstić information content (AvgIpc) is 3.33. The Balaban J connectivity index is 1.42. The van der Waals surface area contributed by atoms with E-state index in [1.807, 2.05) is 6.07 Å². The van der Waals surface area contributed by atoms with Crippen molar-refractivity contribution in [2.24, 2.45) is 56.7 Å². The molecule has 5 aliphatic carbocycles. The summed E-state index contributed by atoms with van der Waals surface area (Å²) >= 11 is 0. The quantitative estimate of drug-likeness (QED) is 0.212. The Morgan fingerprint density at radius 1 is 0.902 bits per heavy atom. The Bertz CT molecular complexity index is 1290. The fourth-order valence-corrected chi connectivity index (χ4v) is 12.4. The monoisotopic (exact) mass is 556 g/mol. The molecular weight excluding hydrogens is 504 g/mol. The van der Waals surface area contributed by atoms with Crippen LogP contribution in [0, 0.1) is 56.7 Å². The third kappa shape index (κ3) is 3.75. The molecule has 222 valence electrons. The molecule has 41 heavy (non-hydrogen) atoms.